The number of furan rings is 1. The van der Waals surface area contributed by atoms with E-state index in [0.29, 0.717) is 28.6 Å². The summed E-state index contributed by atoms with van der Waals surface area (Å²) in [6, 6.07) is 7.16. The maximum Gasteiger partial charge on any atom is 0.258 e. The van der Waals surface area contributed by atoms with Crippen LogP contribution in [-0.4, -0.2) is 17.9 Å². The van der Waals surface area contributed by atoms with Gasteiger partial charge in [0.05, 0.1) is 12.1 Å². The van der Waals surface area contributed by atoms with Gasteiger partial charge < -0.3 is 20.8 Å². The normalized spacial score (nSPS) is 13.1. The maximum atomic E-state index is 12.3. The number of anilines is 1. The van der Waals surface area contributed by atoms with E-state index in [2.05, 4.69) is 10.6 Å². The smallest absolute Gasteiger partial charge is 0.258 e. The lowest BCUT2D eigenvalue weighted by Gasteiger charge is -2.10. The van der Waals surface area contributed by atoms with Gasteiger partial charge >= 0.3 is 0 Å². The summed E-state index contributed by atoms with van der Waals surface area (Å²) < 4.78 is 5.17. The molecule has 4 N–H and O–H groups in total. The van der Waals surface area contributed by atoms with Gasteiger partial charge in [0, 0.05) is 17.3 Å². The third kappa shape index (κ3) is 4.15. The van der Waals surface area contributed by atoms with Gasteiger partial charge in [-0.3, -0.25) is 9.59 Å². The van der Waals surface area contributed by atoms with Crippen LogP contribution in [0.3, 0.4) is 0 Å². The highest BCUT2D eigenvalue weighted by Crippen LogP contribution is 2.22. The van der Waals surface area contributed by atoms with Gasteiger partial charge in [-0.25, -0.2) is 0 Å². The summed E-state index contributed by atoms with van der Waals surface area (Å²) in [5, 5.41) is 5.74. The highest BCUT2D eigenvalue weighted by atomic mass is 35.5. The molecule has 1 aromatic heterocycles. The van der Waals surface area contributed by atoms with Gasteiger partial charge in [0.2, 0.25) is 0 Å². The third-order valence-corrected chi connectivity index (χ3v) is 3.78. The third-order valence-electron chi connectivity index (χ3n) is 3.78. The summed E-state index contributed by atoms with van der Waals surface area (Å²) in [4.78, 5) is 24.4. The fourth-order valence-corrected chi connectivity index (χ4v) is 2.20. The standard InChI is InChI=1S/C17H19N3O3.ClH/c1-10-2-3-11(16(21)19-13-4-5-13)7-15(10)20-17(22)12-6-14(8-18)23-9-12;/h2-3,6-7,9,13H,4-5,8,18H2,1H3,(H,19,21)(H,20,22);1H. The summed E-state index contributed by atoms with van der Waals surface area (Å²) in [5.74, 6) is 0.137. The number of nitrogens with two attached hydrogens (primary N) is 1. The van der Waals surface area contributed by atoms with Crippen molar-refractivity contribution in [1.29, 1.82) is 0 Å². The van der Waals surface area contributed by atoms with Crippen LogP contribution in [-0.2, 0) is 6.54 Å². The number of rotatable bonds is 5. The van der Waals surface area contributed by atoms with Crippen molar-refractivity contribution in [2.45, 2.75) is 32.4 Å². The summed E-state index contributed by atoms with van der Waals surface area (Å²) in [5.41, 5.74) is 7.89. The Balaban J connectivity index is 0.00000208. The lowest BCUT2D eigenvalue weighted by atomic mass is 10.1. The number of hydrogen-bond donors (Lipinski definition) is 3. The number of amides is 2. The van der Waals surface area contributed by atoms with Gasteiger partial charge in [-0.05, 0) is 43.5 Å². The molecule has 2 aromatic rings. The predicted molar refractivity (Wildman–Crippen MR) is 93.5 cm³/mol. The van der Waals surface area contributed by atoms with E-state index in [1.807, 2.05) is 13.0 Å². The lowest BCUT2D eigenvalue weighted by molar-refractivity contribution is 0.0949. The zero-order chi connectivity index (χ0) is 16.4. The van der Waals surface area contributed by atoms with E-state index >= 15 is 0 Å². The Morgan fingerprint density at radius 2 is 1.96 bits per heavy atom. The molecule has 1 saturated carbocycles. The molecule has 1 heterocycles. The maximum absolute atomic E-state index is 12.3. The van der Waals surface area contributed by atoms with E-state index in [1.165, 1.54) is 6.26 Å². The molecular formula is C17H20ClN3O3. The Morgan fingerprint density at radius 3 is 2.58 bits per heavy atom. The largest absolute Gasteiger partial charge is 0.467 e. The van der Waals surface area contributed by atoms with Gasteiger partial charge in [-0.1, -0.05) is 6.07 Å². The number of carbonyl (C=O) groups is 2. The highest BCUT2D eigenvalue weighted by molar-refractivity contribution is 6.05. The molecule has 0 unspecified atom stereocenters. The Kier molecular flexibility index (Phi) is 5.64. The van der Waals surface area contributed by atoms with Crippen molar-refractivity contribution in [3.8, 4) is 0 Å². The molecule has 2 amide bonds. The van der Waals surface area contributed by atoms with Crippen LogP contribution in [0.2, 0.25) is 0 Å². The van der Waals surface area contributed by atoms with E-state index in [1.54, 1.807) is 18.2 Å². The fraction of sp³-hybridized carbons (Fsp3) is 0.294. The molecule has 1 fully saturated rings. The molecule has 0 aliphatic heterocycles. The molecule has 6 nitrogen and oxygen atoms in total. The van der Waals surface area contributed by atoms with Gasteiger partial charge in [0.25, 0.3) is 11.8 Å². The minimum absolute atomic E-state index is 0. The van der Waals surface area contributed by atoms with Gasteiger partial charge in [0.15, 0.2) is 0 Å². The van der Waals surface area contributed by atoms with Crippen LogP contribution in [0.4, 0.5) is 5.69 Å². The quantitative estimate of drug-likeness (QED) is 0.772. The molecule has 1 aromatic carbocycles. The molecule has 1 aliphatic carbocycles. The van der Waals surface area contributed by atoms with Crippen LogP contribution >= 0.6 is 12.4 Å². The fourth-order valence-electron chi connectivity index (χ4n) is 2.20. The van der Waals surface area contributed by atoms with Gasteiger partial charge in [-0.2, -0.15) is 0 Å². The van der Waals surface area contributed by atoms with E-state index in [4.69, 9.17) is 10.2 Å². The van der Waals surface area contributed by atoms with Gasteiger partial charge in [0.1, 0.15) is 12.0 Å². The van der Waals surface area contributed by atoms with Crippen LogP contribution in [0.15, 0.2) is 34.9 Å². The van der Waals surface area contributed by atoms with Crippen molar-refractivity contribution in [2.75, 3.05) is 5.32 Å². The van der Waals surface area contributed by atoms with Crippen LogP contribution in [0, 0.1) is 6.92 Å². The summed E-state index contributed by atoms with van der Waals surface area (Å²) in [7, 11) is 0. The van der Waals surface area contributed by atoms with Crippen molar-refractivity contribution in [1.82, 2.24) is 5.32 Å². The first kappa shape index (κ1) is 18.0. The molecule has 128 valence electrons. The molecule has 0 spiro atoms. The predicted octanol–water partition coefficient (Wildman–Crippen LogP) is 2.61. The van der Waals surface area contributed by atoms with E-state index < -0.39 is 0 Å². The molecule has 24 heavy (non-hydrogen) atoms. The SMILES string of the molecule is Cc1ccc(C(=O)NC2CC2)cc1NC(=O)c1coc(CN)c1.Cl. The lowest BCUT2D eigenvalue weighted by Crippen LogP contribution is -2.25. The topological polar surface area (TPSA) is 97.4 Å². The average Bonchev–Trinajstić information content (AvgIpc) is 3.22. The number of halogens is 1. The molecule has 7 heteroatoms. The van der Waals surface area contributed by atoms with E-state index in [9.17, 15) is 9.59 Å². The van der Waals surface area contributed by atoms with Crippen LogP contribution in [0.5, 0.6) is 0 Å². The van der Waals surface area contributed by atoms with Crippen molar-refractivity contribution >= 4 is 29.9 Å². The Morgan fingerprint density at radius 1 is 1.21 bits per heavy atom. The Bertz CT molecular complexity index is 753. The first-order chi connectivity index (χ1) is 11.1. The molecular weight excluding hydrogens is 330 g/mol. The zero-order valence-electron chi connectivity index (χ0n) is 13.3. The Labute approximate surface area is 146 Å². The molecule has 0 radical (unpaired) electrons. The molecule has 0 atom stereocenters. The zero-order valence-corrected chi connectivity index (χ0v) is 14.1. The number of hydrogen-bond acceptors (Lipinski definition) is 4. The summed E-state index contributed by atoms with van der Waals surface area (Å²) >= 11 is 0. The molecule has 0 bridgehead atoms. The van der Waals surface area contributed by atoms with Crippen LogP contribution in [0.1, 0.15) is 44.9 Å². The average molecular weight is 350 g/mol. The first-order valence-electron chi connectivity index (χ1n) is 7.57. The second kappa shape index (κ2) is 7.51. The molecule has 0 saturated heterocycles. The summed E-state index contributed by atoms with van der Waals surface area (Å²) in [6.45, 7) is 2.11. The molecule has 3 rings (SSSR count). The monoisotopic (exact) mass is 349 g/mol. The highest BCUT2D eigenvalue weighted by Gasteiger charge is 2.24. The van der Waals surface area contributed by atoms with Crippen LogP contribution < -0.4 is 16.4 Å². The second-order valence-electron chi connectivity index (χ2n) is 5.74. The van der Waals surface area contributed by atoms with Crippen LogP contribution in [0.25, 0.3) is 0 Å². The van der Waals surface area contributed by atoms with Gasteiger partial charge in [-0.15, -0.1) is 12.4 Å². The Hall–Kier alpha value is -2.31. The number of aryl methyl sites for hydroxylation is 1. The number of nitrogens with one attached hydrogen (secondary N) is 2. The van der Waals surface area contributed by atoms with E-state index in [-0.39, 0.29) is 30.8 Å². The minimum Gasteiger partial charge on any atom is -0.467 e. The number of carbonyl (C=O) groups excluding carboxylic acids is 2. The van der Waals surface area contributed by atoms with Crippen molar-refractivity contribution in [3.05, 3.63) is 53.0 Å². The first-order valence-corrected chi connectivity index (χ1v) is 7.57. The minimum atomic E-state index is -0.295. The van der Waals surface area contributed by atoms with Crippen molar-refractivity contribution < 1.29 is 14.0 Å². The van der Waals surface area contributed by atoms with Crippen molar-refractivity contribution in [2.24, 2.45) is 5.73 Å². The van der Waals surface area contributed by atoms with Crippen molar-refractivity contribution in [3.63, 3.8) is 0 Å². The number of benzene rings is 1. The summed E-state index contributed by atoms with van der Waals surface area (Å²) in [6.07, 6.45) is 3.44. The molecule has 1 aliphatic rings. The van der Waals surface area contributed by atoms with E-state index in [0.717, 1.165) is 18.4 Å². The second-order valence-corrected chi connectivity index (χ2v) is 5.74.